The molecule has 1 saturated heterocycles. The first-order valence-corrected chi connectivity index (χ1v) is 4.35. The van der Waals surface area contributed by atoms with Crippen molar-refractivity contribution < 1.29 is 23.1 Å². The van der Waals surface area contributed by atoms with Gasteiger partial charge < -0.3 is 5.11 Å². The van der Waals surface area contributed by atoms with Crippen molar-refractivity contribution in [2.75, 3.05) is 26.3 Å². The first-order valence-electron chi connectivity index (χ1n) is 4.35. The zero-order valence-corrected chi connectivity index (χ0v) is 7.55. The monoisotopic (exact) mass is 211 g/mol. The minimum Gasteiger partial charge on any atom is -0.477 e. The second kappa shape index (κ2) is 4.16. The van der Waals surface area contributed by atoms with Crippen LogP contribution in [0.4, 0.5) is 13.2 Å². The third-order valence-corrected chi connectivity index (χ3v) is 2.32. The van der Waals surface area contributed by atoms with Crippen molar-refractivity contribution in [1.82, 2.24) is 4.90 Å². The smallest absolute Gasteiger partial charge is 0.375 e. The summed E-state index contributed by atoms with van der Waals surface area (Å²) in [6.45, 7) is -0.787. The summed E-state index contributed by atoms with van der Waals surface area (Å²) in [6, 6.07) is 0. The molecule has 6 heteroatoms. The van der Waals surface area contributed by atoms with Gasteiger partial charge in [0.05, 0.1) is 13.2 Å². The number of hydrogen-bond donors (Lipinski definition) is 1. The molecule has 1 rings (SSSR count). The number of halogens is 3. The lowest BCUT2D eigenvalue weighted by molar-refractivity contribution is -0.167. The fraction of sp³-hybridized carbons (Fsp3) is 0.875. The number of likely N-dealkylation sites (tertiary alicyclic amines) is 1. The summed E-state index contributed by atoms with van der Waals surface area (Å²) in [5.74, 6) is -6.08. The molecule has 0 spiro atoms. The minimum atomic E-state index is -3.73. The zero-order valence-electron chi connectivity index (χ0n) is 7.55. The summed E-state index contributed by atoms with van der Waals surface area (Å²) >= 11 is 0. The Hall–Kier alpha value is -0.780. The molecule has 1 N–H and O–H groups in total. The summed E-state index contributed by atoms with van der Waals surface area (Å²) in [7, 11) is 0. The van der Waals surface area contributed by atoms with E-state index in [2.05, 4.69) is 0 Å². The van der Waals surface area contributed by atoms with E-state index in [0.29, 0.717) is 13.0 Å². The maximum Gasteiger partial charge on any atom is 0.375 e. The molecule has 0 saturated carbocycles. The molecule has 1 fully saturated rings. The van der Waals surface area contributed by atoms with Gasteiger partial charge in [-0.05, 0) is 13.0 Å². The van der Waals surface area contributed by atoms with Crippen LogP contribution in [0, 0.1) is 5.92 Å². The number of carboxylic acid groups (broad SMARTS) is 1. The van der Waals surface area contributed by atoms with E-state index in [1.54, 1.807) is 0 Å². The largest absolute Gasteiger partial charge is 0.477 e. The Morgan fingerprint density at radius 3 is 2.64 bits per heavy atom. The van der Waals surface area contributed by atoms with Crippen LogP contribution in [-0.2, 0) is 4.79 Å². The average Bonchev–Trinajstić information content (AvgIpc) is 2.51. The molecule has 1 unspecified atom stereocenters. The maximum atomic E-state index is 12.7. The molecule has 1 aliphatic rings. The van der Waals surface area contributed by atoms with E-state index in [1.165, 1.54) is 4.90 Å². The summed E-state index contributed by atoms with van der Waals surface area (Å²) in [5.41, 5.74) is 0. The van der Waals surface area contributed by atoms with Gasteiger partial charge in [-0.2, -0.15) is 8.78 Å². The number of aliphatic carboxylic acids is 1. The van der Waals surface area contributed by atoms with Gasteiger partial charge in [0, 0.05) is 12.5 Å². The molecule has 0 radical (unpaired) electrons. The van der Waals surface area contributed by atoms with Crippen molar-refractivity contribution in [1.29, 1.82) is 0 Å². The normalized spacial score (nSPS) is 24.1. The Labute approximate surface area is 79.5 Å². The van der Waals surface area contributed by atoms with E-state index >= 15 is 0 Å². The van der Waals surface area contributed by atoms with Gasteiger partial charge in [0.1, 0.15) is 0 Å². The first-order chi connectivity index (χ1) is 6.45. The van der Waals surface area contributed by atoms with Crippen LogP contribution in [0.5, 0.6) is 0 Å². The van der Waals surface area contributed by atoms with Gasteiger partial charge in [0.25, 0.3) is 0 Å². The Morgan fingerprint density at radius 2 is 2.21 bits per heavy atom. The molecule has 0 aromatic heterocycles. The quantitative estimate of drug-likeness (QED) is 0.754. The van der Waals surface area contributed by atoms with Crippen LogP contribution < -0.4 is 0 Å². The second-order valence-corrected chi connectivity index (χ2v) is 3.55. The Bertz CT molecular complexity index is 223. The van der Waals surface area contributed by atoms with Crippen molar-refractivity contribution in [3.63, 3.8) is 0 Å². The van der Waals surface area contributed by atoms with Gasteiger partial charge in [-0.1, -0.05) is 0 Å². The Kier molecular flexibility index (Phi) is 3.36. The molecule has 82 valence electrons. The van der Waals surface area contributed by atoms with Crippen LogP contribution >= 0.6 is 0 Å². The van der Waals surface area contributed by atoms with Gasteiger partial charge in [-0.3, -0.25) is 9.29 Å². The van der Waals surface area contributed by atoms with Crippen molar-refractivity contribution in [2.45, 2.75) is 12.3 Å². The van der Waals surface area contributed by atoms with E-state index in [-0.39, 0.29) is 12.5 Å². The van der Waals surface area contributed by atoms with Crippen LogP contribution in [0.3, 0.4) is 0 Å². The molecule has 3 nitrogen and oxygen atoms in total. The highest BCUT2D eigenvalue weighted by atomic mass is 19.3. The van der Waals surface area contributed by atoms with Crippen LogP contribution in [-0.4, -0.2) is 48.2 Å². The second-order valence-electron chi connectivity index (χ2n) is 3.55. The fourth-order valence-electron chi connectivity index (χ4n) is 1.53. The summed E-state index contributed by atoms with van der Waals surface area (Å²) < 4.78 is 37.5. The predicted octanol–water partition coefficient (Wildman–Crippen LogP) is 0.998. The highest BCUT2D eigenvalue weighted by Gasteiger charge is 2.42. The maximum absolute atomic E-state index is 12.7. The van der Waals surface area contributed by atoms with E-state index in [1.807, 2.05) is 0 Å². The van der Waals surface area contributed by atoms with Crippen LogP contribution in [0.2, 0.25) is 0 Å². The number of carboxylic acids is 1. The Balaban J connectivity index is 2.42. The van der Waals surface area contributed by atoms with E-state index in [0.717, 1.165) is 0 Å². The lowest BCUT2D eigenvalue weighted by Gasteiger charge is -2.19. The van der Waals surface area contributed by atoms with Crippen LogP contribution in [0.1, 0.15) is 6.42 Å². The molecule has 1 heterocycles. The van der Waals surface area contributed by atoms with Gasteiger partial charge in [0.2, 0.25) is 0 Å². The van der Waals surface area contributed by atoms with Crippen LogP contribution in [0.25, 0.3) is 0 Å². The molecule has 14 heavy (non-hydrogen) atoms. The first kappa shape index (κ1) is 11.3. The van der Waals surface area contributed by atoms with Gasteiger partial charge >= 0.3 is 11.9 Å². The third-order valence-electron chi connectivity index (χ3n) is 2.32. The van der Waals surface area contributed by atoms with Gasteiger partial charge in [0.15, 0.2) is 0 Å². The van der Waals surface area contributed by atoms with E-state index < -0.39 is 25.1 Å². The van der Waals surface area contributed by atoms with E-state index in [4.69, 9.17) is 5.11 Å². The number of nitrogens with zero attached hydrogens (tertiary/aromatic N) is 1. The molecular weight excluding hydrogens is 199 g/mol. The standard InChI is InChI=1S/C8H12F3NO2/c9-3-6-1-2-12(4-6)5-8(10,11)7(13)14/h6H,1-5H2,(H,13,14). The minimum absolute atomic E-state index is 0.222. The molecule has 0 amide bonds. The van der Waals surface area contributed by atoms with Crippen molar-refractivity contribution in [3.8, 4) is 0 Å². The fourth-order valence-corrected chi connectivity index (χ4v) is 1.53. The van der Waals surface area contributed by atoms with Gasteiger partial charge in [-0.25, -0.2) is 4.79 Å². The number of hydrogen-bond acceptors (Lipinski definition) is 2. The summed E-state index contributed by atoms with van der Waals surface area (Å²) in [6.07, 6.45) is 0.520. The summed E-state index contributed by atoms with van der Waals surface area (Å²) in [5, 5.41) is 8.17. The number of rotatable bonds is 4. The molecule has 0 aromatic rings. The number of alkyl halides is 3. The predicted molar refractivity (Wildman–Crippen MR) is 43.1 cm³/mol. The molecule has 1 aliphatic heterocycles. The average molecular weight is 211 g/mol. The highest BCUT2D eigenvalue weighted by Crippen LogP contribution is 2.22. The topological polar surface area (TPSA) is 40.5 Å². The number of carbonyl (C=O) groups is 1. The van der Waals surface area contributed by atoms with E-state index in [9.17, 15) is 18.0 Å². The highest BCUT2D eigenvalue weighted by molar-refractivity contribution is 5.75. The molecule has 0 bridgehead atoms. The molecular formula is C8H12F3NO2. The van der Waals surface area contributed by atoms with Crippen LogP contribution in [0.15, 0.2) is 0 Å². The molecule has 0 aliphatic carbocycles. The van der Waals surface area contributed by atoms with Gasteiger partial charge in [-0.15, -0.1) is 0 Å². The van der Waals surface area contributed by atoms with Crippen molar-refractivity contribution >= 4 is 5.97 Å². The van der Waals surface area contributed by atoms with Crippen molar-refractivity contribution in [3.05, 3.63) is 0 Å². The Morgan fingerprint density at radius 1 is 1.57 bits per heavy atom. The lowest BCUT2D eigenvalue weighted by Crippen LogP contribution is -2.41. The zero-order chi connectivity index (χ0) is 10.8. The SMILES string of the molecule is O=C(O)C(F)(F)CN1CCC(CF)C1. The third kappa shape index (κ3) is 2.60. The molecule has 0 aromatic carbocycles. The summed E-state index contributed by atoms with van der Waals surface area (Å²) in [4.78, 5) is 11.4. The van der Waals surface area contributed by atoms with Crippen molar-refractivity contribution in [2.24, 2.45) is 5.92 Å². The lowest BCUT2D eigenvalue weighted by atomic mass is 10.1. The molecule has 1 atom stereocenters.